The number of amides is 1. The van der Waals surface area contributed by atoms with Gasteiger partial charge in [0.1, 0.15) is 0 Å². The Kier molecular flexibility index (Phi) is 6.73. The third-order valence-electron chi connectivity index (χ3n) is 5.39. The van der Waals surface area contributed by atoms with E-state index in [4.69, 9.17) is 0 Å². The highest BCUT2D eigenvalue weighted by Gasteiger charge is 2.48. The van der Waals surface area contributed by atoms with Gasteiger partial charge >= 0.3 is 15.5 Å². The fourth-order valence-electron chi connectivity index (χ4n) is 3.63. The van der Waals surface area contributed by atoms with Crippen LogP contribution in [0.5, 0.6) is 0 Å². The highest BCUT2D eigenvalue weighted by atomic mass is 32.2. The molecule has 1 saturated heterocycles. The number of alkyl halides is 3. The molecule has 1 amide bonds. The number of hydrogen-bond donors (Lipinski definition) is 3. The van der Waals surface area contributed by atoms with E-state index in [-0.39, 0.29) is 5.56 Å². The van der Waals surface area contributed by atoms with E-state index in [2.05, 4.69) is 10.6 Å². The minimum Gasteiger partial charge on any atom is -0.346 e. The monoisotopic (exact) mass is 455 g/mol. The number of nitrogens with one attached hydrogen (secondary N) is 3. The fourth-order valence-corrected chi connectivity index (χ4v) is 4.37. The molecule has 0 aromatic heterocycles. The van der Waals surface area contributed by atoms with Crippen LogP contribution < -0.4 is 15.4 Å². The summed E-state index contributed by atoms with van der Waals surface area (Å²) in [5, 5.41) is 5.90. The largest absolute Gasteiger partial charge is 0.511 e. The quantitative estimate of drug-likeness (QED) is 0.599. The SMILES string of the molecule is C[C@@]1(C(=O)N[C@H](c2ccccc2)[C@H](NS(=O)(=O)C(F)(F)F)c2ccccc2)CCCN1. The van der Waals surface area contributed by atoms with Crippen LogP contribution in [0, 0.1) is 0 Å². The lowest BCUT2D eigenvalue weighted by Crippen LogP contribution is -2.54. The maximum atomic E-state index is 13.2. The standard InChI is InChI=1S/C21H24F3N3O3S/c1-20(13-8-14-25-20)19(28)26-17(15-9-4-2-5-10-15)18(16-11-6-3-7-12-16)27-31(29,30)21(22,23)24/h2-7,9-12,17-18,25,27H,8,13-14H2,1H3,(H,26,28)/t17-,18-,20+/m1/s1. The van der Waals surface area contributed by atoms with Gasteiger partial charge in [-0.15, -0.1) is 0 Å². The summed E-state index contributed by atoms with van der Waals surface area (Å²) in [5.74, 6) is -0.411. The van der Waals surface area contributed by atoms with Crippen LogP contribution in [0.25, 0.3) is 0 Å². The average molecular weight is 456 g/mol. The van der Waals surface area contributed by atoms with Crippen molar-refractivity contribution in [3.05, 3.63) is 71.8 Å². The van der Waals surface area contributed by atoms with Gasteiger partial charge in [0.05, 0.1) is 17.6 Å². The summed E-state index contributed by atoms with van der Waals surface area (Å²) in [6.45, 7) is 2.36. The molecule has 0 radical (unpaired) electrons. The molecule has 1 heterocycles. The smallest absolute Gasteiger partial charge is 0.346 e. The van der Waals surface area contributed by atoms with Gasteiger partial charge in [0, 0.05) is 0 Å². The molecule has 6 nitrogen and oxygen atoms in total. The first-order chi connectivity index (χ1) is 14.5. The summed E-state index contributed by atoms with van der Waals surface area (Å²) in [6, 6.07) is 13.7. The molecular weight excluding hydrogens is 431 g/mol. The van der Waals surface area contributed by atoms with Crippen molar-refractivity contribution in [1.29, 1.82) is 0 Å². The Bertz CT molecular complexity index is 993. The predicted molar refractivity (Wildman–Crippen MR) is 110 cm³/mol. The minimum absolute atomic E-state index is 0.286. The first-order valence-electron chi connectivity index (χ1n) is 9.78. The summed E-state index contributed by atoms with van der Waals surface area (Å²) in [5.41, 5.74) is -5.63. The topological polar surface area (TPSA) is 87.3 Å². The van der Waals surface area contributed by atoms with Crippen LogP contribution in [0.3, 0.4) is 0 Å². The third kappa shape index (κ3) is 5.25. The fraction of sp³-hybridized carbons (Fsp3) is 0.381. The molecule has 2 aromatic rings. The lowest BCUT2D eigenvalue weighted by Gasteiger charge is -2.33. The van der Waals surface area contributed by atoms with E-state index in [1.165, 1.54) is 12.1 Å². The molecule has 1 aliphatic rings. The average Bonchev–Trinajstić information content (AvgIpc) is 3.19. The number of carbonyl (C=O) groups excluding carboxylic acids is 1. The van der Waals surface area contributed by atoms with Crippen LogP contribution in [-0.4, -0.2) is 31.9 Å². The molecule has 0 bridgehead atoms. The van der Waals surface area contributed by atoms with Gasteiger partial charge < -0.3 is 10.6 Å². The number of carbonyl (C=O) groups is 1. The molecule has 0 aliphatic carbocycles. The van der Waals surface area contributed by atoms with Crippen molar-refractivity contribution in [2.75, 3.05) is 6.54 Å². The van der Waals surface area contributed by atoms with Crippen LogP contribution in [-0.2, 0) is 14.8 Å². The first-order valence-corrected chi connectivity index (χ1v) is 11.3. The van der Waals surface area contributed by atoms with Gasteiger partial charge in [0.2, 0.25) is 5.91 Å². The van der Waals surface area contributed by atoms with Gasteiger partial charge in [-0.25, -0.2) is 8.42 Å². The van der Waals surface area contributed by atoms with Crippen LogP contribution >= 0.6 is 0 Å². The third-order valence-corrected chi connectivity index (χ3v) is 6.57. The van der Waals surface area contributed by atoms with Crippen molar-refractivity contribution >= 4 is 15.9 Å². The molecule has 0 saturated carbocycles. The number of benzene rings is 2. The Hall–Kier alpha value is -2.43. The zero-order chi connectivity index (χ0) is 22.7. The highest BCUT2D eigenvalue weighted by molar-refractivity contribution is 7.90. The summed E-state index contributed by atoms with van der Waals surface area (Å²) >= 11 is 0. The number of hydrogen-bond acceptors (Lipinski definition) is 4. The summed E-state index contributed by atoms with van der Waals surface area (Å²) in [4.78, 5) is 13.1. The second-order valence-corrected chi connectivity index (χ2v) is 9.39. The van der Waals surface area contributed by atoms with E-state index in [9.17, 15) is 26.4 Å². The zero-order valence-electron chi connectivity index (χ0n) is 16.8. The molecule has 31 heavy (non-hydrogen) atoms. The Morgan fingerprint density at radius 2 is 1.52 bits per heavy atom. The maximum Gasteiger partial charge on any atom is 0.511 e. The molecule has 1 fully saturated rings. The Morgan fingerprint density at radius 1 is 1.00 bits per heavy atom. The zero-order valence-corrected chi connectivity index (χ0v) is 17.6. The van der Waals surface area contributed by atoms with Gasteiger partial charge in [-0.1, -0.05) is 60.7 Å². The lowest BCUT2D eigenvalue weighted by atomic mass is 9.92. The van der Waals surface area contributed by atoms with Crippen LogP contribution in [0.15, 0.2) is 60.7 Å². The van der Waals surface area contributed by atoms with Gasteiger partial charge in [-0.2, -0.15) is 17.9 Å². The van der Waals surface area contributed by atoms with E-state index in [1.54, 1.807) is 60.2 Å². The van der Waals surface area contributed by atoms with Crippen molar-refractivity contribution < 1.29 is 26.4 Å². The highest BCUT2D eigenvalue weighted by Crippen LogP contribution is 2.33. The van der Waals surface area contributed by atoms with Crippen molar-refractivity contribution in [2.24, 2.45) is 0 Å². The Morgan fingerprint density at radius 3 is 1.97 bits per heavy atom. The van der Waals surface area contributed by atoms with Crippen molar-refractivity contribution in [2.45, 2.75) is 42.9 Å². The molecular formula is C21H24F3N3O3S. The molecule has 168 valence electrons. The molecule has 3 atom stereocenters. The predicted octanol–water partition coefficient (Wildman–Crippen LogP) is 3.17. The molecule has 0 spiro atoms. The van der Waals surface area contributed by atoms with Crippen molar-refractivity contribution in [3.8, 4) is 0 Å². The van der Waals surface area contributed by atoms with E-state index in [0.717, 1.165) is 6.42 Å². The van der Waals surface area contributed by atoms with Gasteiger partial charge in [0.15, 0.2) is 0 Å². The molecule has 2 aromatic carbocycles. The first kappa shape index (κ1) is 23.2. The van der Waals surface area contributed by atoms with Crippen molar-refractivity contribution in [3.63, 3.8) is 0 Å². The molecule has 3 N–H and O–H groups in total. The lowest BCUT2D eigenvalue weighted by molar-refractivity contribution is -0.127. The molecule has 0 unspecified atom stereocenters. The van der Waals surface area contributed by atoms with Gasteiger partial charge in [-0.05, 0) is 37.4 Å². The summed E-state index contributed by atoms with van der Waals surface area (Å²) < 4.78 is 65.4. The molecule has 1 aliphatic heterocycles. The van der Waals surface area contributed by atoms with E-state index >= 15 is 0 Å². The van der Waals surface area contributed by atoms with E-state index in [1.807, 2.05) is 0 Å². The van der Waals surface area contributed by atoms with Gasteiger partial charge in [0.25, 0.3) is 0 Å². The second kappa shape index (κ2) is 8.97. The van der Waals surface area contributed by atoms with Gasteiger partial charge in [-0.3, -0.25) is 4.79 Å². The van der Waals surface area contributed by atoms with Crippen LogP contribution in [0.1, 0.15) is 43.0 Å². The molecule has 10 heteroatoms. The Balaban J connectivity index is 2.05. The second-order valence-electron chi connectivity index (χ2n) is 7.68. The Labute approximate surface area is 179 Å². The van der Waals surface area contributed by atoms with Crippen molar-refractivity contribution in [1.82, 2.24) is 15.4 Å². The van der Waals surface area contributed by atoms with Crippen LogP contribution in [0.4, 0.5) is 13.2 Å². The van der Waals surface area contributed by atoms with E-state index in [0.29, 0.717) is 18.5 Å². The number of rotatable bonds is 7. The number of halogens is 3. The molecule has 3 rings (SSSR count). The number of sulfonamides is 1. The summed E-state index contributed by atoms with van der Waals surface area (Å²) in [7, 11) is -5.69. The minimum atomic E-state index is -5.69. The summed E-state index contributed by atoms with van der Waals surface area (Å²) in [6.07, 6.45) is 1.34. The van der Waals surface area contributed by atoms with Crippen LogP contribution in [0.2, 0.25) is 0 Å². The maximum absolute atomic E-state index is 13.2. The van der Waals surface area contributed by atoms with E-state index < -0.39 is 39.1 Å². The normalized spacial score (nSPS) is 21.4.